The van der Waals surface area contributed by atoms with E-state index in [1.54, 1.807) is 25.1 Å². The molecule has 1 fully saturated rings. The van der Waals surface area contributed by atoms with Crippen LogP contribution in [0.3, 0.4) is 0 Å². The zero-order valence-electron chi connectivity index (χ0n) is 20.4. The van der Waals surface area contributed by atoms with Gasteiger partial charge in [0.1, 0.15) is 18.1 Å². The van der Waals surface area contributed by atoms with Crippen LogP contribution in [0.1, 0.15) is 28.3 Å². The Morgan fingerprint density at radius 1 is 1.05 bits per heavy atom. The molecule has 190 valence electrons. The highest BCUT2D eigenvalue weighted by Crippen LogP contribution is 2.40. The standard InChI is InChI=1S/C28H26N2O7/c1-18-16-22(37-17-19-6-4-3-5-7-19)12-13-23(18)26(31)24-25(20-8-10-21(11-9-20)30(34)35)29(14-15-36-2)28(33)27(24)32/h3-13,16,25,31H,14-15,17H2,1-2H3/b26-24+. The fraction of sp³-hybridized carbons (Fsp3) is 0.214. The summed E-state index contributed by atoms with van der Waals surface area (Å²) in [6, 6.07) is 19.4. The summed E-state index contributed by atoms with van der Waals surface area (Å²) in [5.41, 5.74) is 2.28. The van der Waals surface area contributed by atoms with Crippen LogP contribution in [-0.4, -0.2) is 46.9 Å². The van der Waals surface area contributed by atoms with Gasteiger partial charge in [0.15, 0.2) is 0 Å². The monoisotopic (exact) mass is 502 g/mol. The topological polar surface area (TPSA) is 119 Å². The van der Waals surface area contributed by atoms with Crippen molar-refractivity contribution in [2.45, 2.75) is 19.6 Å². The van der Waals surface area contributed by atoms with Gasteiger partial charge in [0.25, 0.3) is 17.4 Å². The number of ether oxygens (including phenoxy) is 2. The van der Waals surface area contributed by atoms with Crippen LogP contribution < -0.4 is 4.74 Å². The maximum absolute atomic E-state index is 13.1. The number of nitrogens with zero attached hydrogens (tertiary/aromatic N) is 2. The van der Waals surface area contributed by atoms with Crippen molar-refractivity contribution in [1.82, 2.24) is 4.90 Å². The van der Waals surface area contributed by atoms with Gasteiger partial charge in [-0.15, -0.1) is 0 Å². The van der Waals surface area contributed by atoms with Gasteiger partial charge in [-0.25, -0.2) is 0 Å². The number of aryl methyl sites for hydroxylation is 1. The second-order valence-electron chi connectivity index (χ2n) is 8.58. The second kappa shape index (κ2) is 11.0. The Morgan fingerprint density at radius 2 is 1.76 bits per heavy atom. The third-order valence-electron chi connectivity index (χ3n) is 6.20. The Balaban J connectivity index is 1.71. The molecule has 9 heteroatoms. The van der Waals surface area contributed by atoms with E-state index in [1.807, 2.05) is 30.3 Å². The van der Waals surface area contributed by atoms with Crippen molar-refractivity contribution in [3.63, 3.8) is 0 Å². The quantitative estimate of drug-likeness (QED) is 0.150. The molecule has 0 aromatic heterocycles. The maximum Gasteiger partial charge on any atom is 0.295 e. The molecule has 1 atom stereocenters. The number of nitro benzene ring substituents is 1. The summed E-state index contributed by atoms with van der Waals surface area (Å²) in [6.45, 7) is 2.41. The van der Waals surface area contributed by atoms with Crippen LogP contribution in [0.2, 0.25) is 0 Å². The summed E-state index contributed by atoms with van der Waals surface area (Å²) in [5.74, 6) is -1.35. The van der Waals surface area contributed by atoms with Crippen LogP contribution >= 0.6 is 0 Å². The first-order valence-electron chi connectivity index (χ1n) is 11.6. The van der Waals surface area contributed by atoms with Gasteiger partial charge in [-0.1, -0.05) is 30.3 Å². The van der Waals surface area contributed by atoms with Crippen molar-refractivity contribution in [2.24, 2.45) is 0 Å². The minimum Gasteiger partial charge on any atom is -0.507 e. The van der Waals surface area contributed by atoms with Gasteiger partial charge in [-0.05, 0) is 53.9 Å². The van der Waals surface area contributed by atoms with Crippen LogP contribution in [0.25, 0.3) is 5.76 Å². The molecule has 1 N–H and O–H groups in total. The molecule has 1 heterocycles. The van der Waals surface area contributed by atoms with E-state index in [1.165, 1.54) is 36.3 Å². The summed E-state index contributed by atoms with van der Waals surface area (Å²) in [6.07, 6.45) is 0. The number of carbonyl (C=O) groups is 2. The summed E-state index contributed by atoms with van der Waals surface area (Å²) in [7, 11) is 1.47. The van der Waals surface area contributed by atoms with Crippen LogP contribution in [-0.2, 0) is 20.9 Å². The van der Waals surface area contributed by atoms with Crippen LogP contribution in [0.4, 0.5) is 5.69 Å². The van der Waals surface area contributed by atoms with Gasteiger partial charge in [-0.3, -0.25) is 19.7 Å². The average molecular weight is 503 g/mol. The number of aliphatic hydroxyl groups is 1. The fourth-order valence-corrected chi connectivity index (χ4v) is 4.30. The van der Waals surface area contributed by atoms with Crippen LogP contribution in [0.5, 0.6) is 5.75 Å². The number of rotatable bonds is 9. The number of non-ortho nitro benzene ring substituents is 1. The molecule has 3 aromatic rings. The number of aliphatic hydroxyl groups excluding tert-OH is 1. The largest absolute Gasteiger partial charge is 0.507 e. The average Bonchev–Trinajstić information content (AvgIpc) is 3.16. The molecule has 0 saturated carbocycles. The third-order valence-corrected chi connectivity index (χ3v) is 6.20. The third kappa shape index (κ3) is 5.36. The Hall–Kier alpha value is -4.50. The van der Waals surface area contributed by atoms with E-state index in [0.717, 1.165) is 5.56 Å². The molecular weight excluding hydrogens is 476 g/mol. The lowest BCUT2D eigenvalue weighted by Gasteiger charge is -2.25. The van der Waals surface area contributed by atoms with E-state index in [-0.39, 0.29) is 30.2 Å². The number of ketones is 1. The molecule has 37 heavy (non-hydrogen) atoms. The first-order valence-corrected chi connectivity index (χ1v) is 11.6. The number of amides is 1. The molecule has 1 saturated heterocycles. The van der Waals surface area contributed by atoms with Gasteiger partial charge in [0.2, 0.25) is 0 Å². The lowest BCUT2D eigenvalue weighted by atomic mass is 9.93. The van der Waals surface area contributed by atoms with Crippen molar-refractivity contribution >= 4 is 23.1 Å². The molecule has 1 aliphatic heterocycles. The van der Waals surface area contributed by atoms with Gasteiger partial charge in [0, 0.05) is 31.4 Å². The summed E-state index contributed by atoms with van der Waals surface area (Å²) in [4.78, 5) is 37.9. The number of hydrogen-bond acceptors (Lipinski definition) is 7. The minimum absolute atomic E-state index is 0.0870. The van der Waals surface area contributed by atoms with Gasteiger partial charge >= 0.3 is 0 Å². The molecule has 0 spiro atoms. The summed E-state index contributed by atoms with van der Waals surface area (Å²) in [5, 5.41) is 22.4. The normalized spacial score (nSPS) is 16.7. The summed E-state index contributed by atoms with van der Waals surface area (Å²) < 4.78 is 11.0. The number of likely N-dealkylation sites (tertiary alicyclic amines) is 1. The lowest BCUT2D eigenvalue weighted by Crippen LogP contribution is -2.32. The van der Waals surface area contributed by atoms with E-state index in [2.05, 4.69) is 0 Å². The molecule has 0 bridgehead atoms. The van der Waals surface area contributed by atoms with Gasteiger partial charge in [-0.2, -0.15) is 0 Å². The lowest BCUT2D eigenvalue weighted by molar-refractivity contribution is -0.384. The zero-order chi connectivity index (χ0) is 26.5. The Morgan fingerprint density at radius 3 is 2.38 bits per heavy atom. The van der Waals surface area contributed by atoms with Crippen LogP contribution in [0, 0.1) is 17.0 Å². The molecule has 1 amide bonds. The van der Waals surface area contributed by atoms with Crippen LogP contribution in [0.15, 0.2) is 78.4 Å². The van der Waals surface area contributed by atoms with E-state index in [4.69, 9.17) is 9.47 Å². The highest BCUT2D eigenvalue weighted by Gasteiger charge is 2.46. The molecular formula is C28H26N2O7. The molecule has 4 rings (SSSR count). The maximum atomic E-state index is 13.1. The molecule has 1 aliphatic rings. The van der Waals surface area contributed by atoms with E-state index < -0.39 is 22.7 Å². The highest BCUT2D eigenvalue weighted by atomic mass is 16.6. The molecule has 9 nitrogen and oxygen atoms in total. The van der Waals surface area contributed by atoms with E-state index in [9.17, 15) is 24.8 Å². The molecule has 1 unspecified atom stereocenters. The number of hydrogen-bond donors (Lipinski definition) is 1. The predicted molar refractivity (Wildman–Crippen MR) is 136 cm³/mol. The Kier molecular flexibility index (Phi) is 7.64. The van der Waals surface area contributed by atoms with Gasteiger partial charge < -0.3 is 19.5 Å². The number of Topliss-reactive ketones (excluding diaryl/α,β-unsaturated/α-hetero) is 1. The van der Waals surface area contributed by atoms with Crippen molar-refractivity contribution in [3.8, 4) is 5.75 Å². The first kappa shape index (κ1) is 25.6. The molecule has 3 aromatic carbocycles. The molecule has 0 aliphatic carbocycles. The smallest absolute Gasteiger partial charge is 0.295 e. The SMILES string of the molecule is COCCN1C(=O)C(=O)/C(=C(/O)c2ccc(OCc3ccccc3)cc2C)C1c1ccc([N+](=O)[O-])cc1. The number of benzene rings is 3. The van der Waals surface area contributed by atoms with E-state index >= 15 is 0 Å². The van der Waals surface area contributed by atoms with Crippen molar-refractivity contribution < 1.29 is 29.1 Å². The minimum atomic E-state index is -0.927. The predicted octanol–water partition coefficient (Wildman–Crippen LogP) is 4.55. The van der Waals surface area contributed by atoms with Crippen molar-refractivity contribution in [2.75, 3.05) is 20.3 Å². The van der Waals surface area contributed by atoms with Crippen molar-refractivity contribution in [1.29, 1.82) is 0 Å². The number of nitro groups is 1. The highest BCUT2D eigenvalue weighted by molar-refractivity contribution is 6.46. The summed E-state index contributed by atoms with van der Waals surface area (Å²) >= 11 is 0. The number of methoxy groups -OCH3 is 1. The fourth-order valence-electron chi connectivity index (χ4n) is 4.30. The van der Waals surface area contributed by atoms with Crippen molar-refractivity contribution in [3.05, 3.63) is 111 Å². The van der Waals surface area contributed by atoms with Gasteiger partial charge in [0.05, 0.1) is 23.1 Å². The number of carbonyl (C=O) groups excluding carboxylic acids is 2. The zero-order valence-corrected chi connectivity index (χ0v) is 20.4. The Labute approximate surface area is 213 Å². The van der Waals surface area contributed by atoms with E-state index in [0.29, 0.717) is 29.0 Å². The Bertz CT molecular complexity index is 1350. The molecule has 0 radical (unpaired) electrons. The first-order chi connectivity index (χ1) is 17.8. The second-order valence-corrected chi connectivity index (χ2v) is 8.58.